The van der Waals surface area contributed by atoms with Crippen LogP contribution >= 0.6 is 15.9 Å². The SMILES string of the molecule is COc1ccc(Br)c(C(=O)N2CCCC(C)C2)c1. The van der Waals surface area contributed by atoms with E-state index in [1.165, 1.54) is 6.42 Å². The molecule has 0 aliphatic carbocycles. The van der Waals surface area contributed by atoms with Crippen molar-refractivity contribution >= 4 is 21.8 Å². The van der Waals surface area contributed by atoms with E-state index in [1.54, 1.807) is 13.2 Å². The summed E-state index contributed by atoms with van der Waals surface area (Å²) in [4.78, 5) is 14.4. The van der Waals surface area contributed by atoms with Crippen molar-refractivity contribution in [2.75, 3.05) is 20.2 Å². The molecule has 0 bridgehead atoms. The molecule has 4 heteroatoms. The monoisotopic (exact) mass is 311 g/mol. The van der Waals surface area contributed by atoms with Crippen molar-refractivity contribution in [2.45, 2.75) is 19.8 Å². The predicted molar refractivity (Wildman–Crippen MR) is 75.0 cm³/mol. The summed E-state index contributed by atoms with van der Waals surface area (Å²) in [6.07, 6.45) is 2.30. The molecule has 1 aromatic carbocycles. The Balaban J connectivity index is 2.22. The molecule has 1 aliphatic rings. The summed E-state index contributed by atoms with van der Waals surface area (Å²) in [6.45, 7) is 3.90. The second kappa shape index (κ2) is 5.74. The zero-order chi connectivity index (χ0) is 13.1. The standard InChI is InChI=1S/C14H18BrNO2/c1-10-4-3-7-16(9-10)14(17)12-8-11(18-2)5-6-13(12)15/h5-6,8,10H,3-4,7,9H2,1-2H3. The maximum atomic E-state index is 12.5. The first-order valence-corrected chi connectivity index (χ1v) is 7.04. The normalized spacial score (nSPS) is 19.7. The Morgan fingerprint density at radius 2 is 2.28 bits per heavy atom. The summed E-state index contributed by atoms with van der Waals surface area (Å²) in [5, 5.41) is 0. The second-order valence-corrected chi connectivity index (χ2v) is 5.70. The minimum absolute atomic E-state index is 0.0901. The van der Waals surface area contributed by atoms with Gasteiger partial charge in [-0.3, -0.25) is 4.79 Å². The van der Waals surface area contributed by atoms with Crippen molar-refractivity contribution in [3.05, 3.63) is 28.2 Å². The van der Waals surface area contributed by atoms with Gasteiger partial charge in [0.25, 0.3) is 5.91 Å². The lowest BCUT2D eigenvalue weighted by molar-refractivity contribution is 0.0681. The highest BCUT2D eigenvalue weighted by Crippen LogP contribution is 2.25. The Hall–Kier alpha value is -1.03. The number of methoxy groups -OCH3 is 1. The molecule has 1 saturated heterocycles. The molecule has 1 aliphatic heterocycles. The number of carbonyl (C=O) groups excluding carboxylic acids is 1. The van der Waals surface area contributed by atoms with Crippen molar-refractivity contribution in [3.63, 3.8) is 0 Å². The van der Waals surface area contributed by atoms with Crippen LogP contribution in [0.5, 0.6) is 5.75 Å². The van der Waals surface area contributed by atoms with Crippen LogP contribution in [0.2, 0.25) is 0 Å². The number of amides is 1. The van der Waals surface area contributed by atoms with Gasteiger partial charge in [-0.25, -0.2) is 0 Å². The highest BCUT2D eigenvalue weighted by Gasteiger charge is 2.23. The number of hydrogen-bond acceptors (Lipinski definition) is 2. The van der Waals surface area contributed by atoms with E-state index >= 15 is 0 Å². The van der Waals surface area contributed by atoms with Crippen molar-refractivity contribution in [2.24, 2.45) is 5.92 Å². The van der Waals surface area contributed by atoms with Crippen LogP contribution in [0.25, 0.3) is 0 Å². The van der Waals surface area contributed by atoms with Crippen LogP contribution in [0.15, 0.2) is 22.7 Å². The number of likely N-dealkylation sites (tertiary alicyclic amines) is 1. The highest BCUT2D eigenvalue weighted by molar-refractivity contribution is 9.10. The van der Waals surface area contributed by atoms with E-state index < -0.39 is 0 Å². The number of hydrogen-bond donors (Lipinski definition) is 0. The van der Waals surface area contributed by atoms with Crippen LogP contribution < -0.4 is 4.74 Å². The Kier molecular flexibility index (Phi) is 4.27. The molecular weight excluding hydrogens is 294 g/mol. The van der Waals surface area contributed by atoms with Gasteiger partial charge in [-0.05, 0) is 52.9 Å². The van der Waals surface area contributed by atoms with Crippen molar-refractivity contribution in [1.82, 2.24) is 4.90 Å². The molecule has 2 rings (SSSR count). The molecular formula is C14H18BrNO2. The smallest absolute Gasteiger partial charge is 0.255 e. The van der Waals surface area contributed by atoms with Gasteiger partial charge in [-0.2, -0.15) is 0 Å². The van der Waals surface area contributed by atoms with Gasteiger partial charge in [0.15, 0.2) is 0 Å². The maximum absolute atomic E-state index is 12.5. The number of ether oxygens (including phenoxy) is 1. The zero-order valence-corrected chi connectivity index (χ0v) is 12.4. The van der Waals surface area contributed by atoms with Crippen molar-refractivity contribution < 1.29 is 9.53 Å². The van der Waals surface area contributed by atoms with Crippen LogP contribution in [0.4, 0.5) is 0 Å². The lowest BCUT2D eigenvalue weighted by Gasteiger charge is -2.31. The topological polar surface area (TPSA) is 29.5 Å². The molecule has 0 radical (unpaired) electrons. The van der Waals surface area contributed by atoms with Crippen molar-refractivity contribution in [1.29, 1.82) is 0 Å². The average Bonchev–Trinajstić information content (AvgIpc) is 2.38. The Morgan fingerprint density at radius 3 is 2.94 bits per heavy atom. The van der Waals surface area contributed by atoms with Crippen LogP contribution in [0.3, 0.4) is 0 Å². The molecule has 1 fully saturated rings. The zero-order valence-electron chi connectivity index (χ0n) is 10.8. The molecule has 0 N–H and O–H groups in total. The molecule has 98 valence electrons. The molecule has 1 aromatic rings. The fourth-order valence-corrected chi connectivity index (χ4v) is 2.76. The number of piperidine rings is 1. The molecule has 1 heterocycles. The molecule has 1 unspecified atom stereocenters. The van der Waals surface area contributed by atoms with E-state index in [0.29, 0.717) is 17.2 Å². The highest BCUT2D eigenvalue weighted by atomic mass is 79.9. The van der Waals surface area contributed by atoms with Crippen LogP contribution in [0.1, 0.15) is 30.1 Å². The fraction of sp³-hybridized carbons (Fsp3) is 0.500. The largest absolute Gasteiger partial charge is 0.497 e. The van der Waals surface area contributed by atoms with E-state index in [1.807, 2.05) is 17.0 Å². The van der Waals surface area contributed by atoms with E-state index in [-0.39, 0.29) is 5.91 Å². The van der Waals surface area contributed by atoms with E-state index in [2.05, 4.69) is 22.9 Å². The number of nitrogens with zero attached hydrogens (tertiary/aromatic N) is 1. The summed E-state index contributed by atoms with van der Waals surface area (Å²) < 4.78 is 6.00. The third-order valence-corrected chi connectivity index (χ3v) is 4.04. The fourth-order valence-electron chi connectivity index (χ4n) is 2.34. The molecule has 18 heavy (non-hydrogen) atoms. The van der Waals surface area contributed by atoms with Gasteiger partial charge < -0.3 is 9.64 Å². The molecule has 1 atom stereocenters. The minimum Gasteiger partial charge on any atom is -0.497 e. The van der Waals surface area contributed by atoms with Gasteiger partial charge in [0.1, 0.15) is 5.75 Å². The lowest BCUT2D eigenvalue weighted by Crippen LogP contribution is -2.39. The van der Waals surface area contributed by atoms with Crippen molar-refractivity contribution in [3.8, 4) is 5.75 Å². The summed E-state index contributed by atoms with van der Waals surface area (Å²) in [5.41, 5.74) is 0.684. The predicted octanol–water partition coefficient (Wildman–Crippen LogP) is 3.33. The number of rotatable bonds is 2. The summed E-state index contributed by atoms with van der Waals surface area (Å²) in [7, 11) is 1.61. The molecule has 0 saturated carbocycles. The Labute approximate surface area is 116 Å². The maximum Gasteiger partial charge on any atom is 0.255 e. The van der Waals surface area contributed by atoms with Gasteiger partial charge in [0.05, 0.1) is 12.7 Å². The summed E-state index contributed by atoms with van der Waals surface area (Å²) >= 11 is 3.44. The van der Waals surface area contributed by atoms with Gasteiger partial charge in [0.2, 0.25) is 0 Å². The quantitative estimate of drug-likeness (QED) is 0.838. The number of carbonyl (C=O) groups is 1. The van der Waals surface area contributed by atoms with Gasteiger partial charge >= 0.3 is 0 Å². The van der Waals surface area contributed by atoms with Crippen LogP contribution in [-0.4, -0.2) is 31.0 Å². The van der Waals surface area contributed by atoms with Crippen LogP contribution in [0, 0.1) is 5.92 Å². The first kappa shape index (κ1) is 13.4. The Bertz CT molecular complexity index is 447. The van der Waals surface area contributed by atoms with Gasteiger partial charge in [0, 0.05) is 17.6 Å². The molecule has 0 aromatic heterocycles. The number of benzene rings is 1. The third kappa shape index (κ3) is 2.86. The summed E-state index contributed by atoms with van der Waals surface area (Å²) in [6, 6.07) is 5.50. The molecule has 1 amide bonds. The first-order valence-electron chi connectivity index (χ1n) is 6.24. The van der Waals surface area contributed by atoms with Crippen LogP contribution in [-0.2, 0) is 0 Å². The lowest BCUT2D eigenvalue weighted by atomic mass is 9.99. The van der Waals surface area contributed by atoms with E-state index in [9.17, 15) is 4.79 Å². The average molecular weight is 312 g/mol. The third-order valence-electron chi connectivity index (χ3n) is 3.35. The molecule has 0 spiro atoms. The minimum atomic E-state index is 0.0901. The summed E-state index contributed by atoms with van der Waals surface area (Å²) in [5.74, 6) is 1.39. The number of halogens is 1. The van der Waals surface area contributed by atoms with Gasteiger partial charge in [-0.1, -0.05) is 6.92 Å². The second-order valence-electron chi connectivity index (χ2n) is 4.84. The first-order chi connectivity index (χ1) is 8.61. The van der Waals surface area contributed by atoms with E-state index in [0.717, 1.165) is 24.0 Å². The van der Waals surface area contributed by atoms with E-state index in [4.69, 9.17) is 4.74 Å². The Morgan fingerprint density at radius 1 is 1.50 bits per heavy atom. The molecule has 3 nitrogen and oxygen atoms in total. The van der Waals surface area contributed by atoms with Gasteiger partial charge in [-0.15, -0.1) is 0 Å².